The fourth-order valence-corrected chi connectivity index (χ4v) is 3.94. The summed E-state index contributed by atoms with van der Waals surface area (Å²) in [5.41, 5.74) is 1.09. The van der Waals surface area contributed by atoms with Crippen molar-refractivity contribution < 1.29 is 28.5 Å². The Hall–Kier alpha value is -1.51. The van der Waals surface area contributed by atoms with E-state index in [2.05, 4.69) is 5.32 Å². The van der Waals surface area contributed by atoms with Crippen molar-refractivity contribution in [3.8, 4) is 0 Å². The molecule has 0 radical (unpaired) electrons. The smallest absolute Gasteiger partial charge is 0.323 e. The number of nitrogens with one attached hydrogen (secondary N) is 1. The van der Waals surface area contributed by atoms with Crippen molar-refractivity contribution >= 4 is 5.97 Å². The Morgan fingerprint density at radius 1 is 1.14 bits per heavy atom. The predicted molar refractivity (Wildman–Crippen MR) is 107 cm³/mol. The third-order valence-electron chi connectivity index (χ3n) is 5.19. The molecule has 0 amide bonds. The van der Waals surface area contributed by atoms with Gasteiger partial charge in [-0.05, 0) is 40.2 Å². The molecule has 0 spiro atoms. The molecule has 1 aromatic rings. The molecule has 7 nitrogen and oxygen atoms in total. The Labute approximate surface area is 173 Å². The standard InChI is InChI=1S/C22H33NO6/c1-13(2)26-20(24)16(23-14(3)15-10-8-7-9-11-15)12-17-18-19(21(25-6)27-17)29-22(4,5)28-18/h7-11,13-14,16-19,21,23H,12H2,1-6H3/t14-,16+,17+,18+,19+,21-/m0/s1. The van der Waals surface area contributed by atoms with Gasteiger partial charge in [-0.3, -0.25) is 10.1 Å². The van der Waals surface area contributed by atoms with Gasteiger partial charge in [0.1, 0.15) is 18.2 Å². The van der Waals surface area contributed by atoms with E-state index < -0.39 is 18.1 Å². The highest BCUT2D eigenvalue weighted by Gasteiger charge is 2.56. The van der Waals surface area contributed by atoms with Crippen molar-refractivity contribution in [1.29, 1.82) is 0 Å². The molecule has 1 aromatic carbocycles. The maximum atomic E-state index is 12.8. The van der Waals surface area contributed by atoms with Crippen LogP contribution in [-0.4, -0.2) is 55.6 Å². The zero-order chi connectivity index (χ0) is 21.2. The molecule has 2 aliphatic rings. The molecule has 7 heteroatoms. The molecule has 29 heavy (non-hydrogen) atoms. The van der Waals surface area contributed by atoms with Crippen LogP contribution in [0.2, 0.25) is 0 Å². The molecule has 0 unspecified atom stereocenters. The Bertz CT molecular complexity index is 679. The highest BCUT2D eigenvalue weighted by Crippen LogP contribution is 2.40. The minimum Gasteiger partial charge on any atom is -0.462 e. The third kappa shape index (κ3) is 5.35. The fourth-order valence-electron chi connectivity index (χ4n) is 3.94. The Morgan fingerprint density at radius 3 is 2.41 bits per heavy atom. The lowest BCUT2D eigenvalue weighted by Gasteiger charge is -2.28. The van der Waals surface area contributed by atoms with E-state index in [0.29, 0.717) is 6.42 Å². The van der Waals surface area contributed by atoms with Gasteiger partial charge in [0.2, 0.25) is 0 Å². The highest BCUT2D eigenvalue weighted by molar-refractivity contribution is 5.76. The SMILES string of the molecule is CO[C@H]1O[C@H](C[C@@H](N[C@@H](C)c2ccccc2)C(=O)OC(C)C)[C@H]2OC(C)(C)O[C@@H]12. The molecule has 0 aromatic heterocycles. The van der Waals surface area contributed by atoms with Crippen molar-refractivity contribution in [1.82, 2.24) is 5.32 Å². The lowest BCUT2D eigenvalue weighted by atomic mass is 10.0. The monoisotopic (exact) mass is 407 g/mol. The molecule has 0 bridgehead atoms. The summed E-state index contributed by atoms with van der Waals surface area (Å²) in [5, 5.41) is 3.41. The van der Waals surface area contributed by atoms with Crippen molar-refractivity contribution in [2.45, 2.75) is 89.6 Å². The molecular formula is C22H33NO6. The van der Waals surface area contributed by atoms with Crippen LogP contribution in [0.1, 0.15) is 52.6 Å². The van der Waals surface area contributed by atoms with Gasteiger partial charge in [0.05, 0.1) is 12.2 Å². The van der Waals surface area contributed by atoms with Gasteiger partial charge in [0.15, 0.2) is 12.1 Å². The van der Waals surface area contributed by atoms with Crippen molar-refractivity contribution in [3.63, 3.8) is 0 Å². The lowest BCUT2D eigenvalue weighted by Crippen LogP contribution is -2.45. The minimum atomic E-state index is -0.715. The van der Waals surface area contributed by atoms with E-state index in [4.69, 9.17) is 23.7 Å². The van der Waals surface area contributed by atoms with Crippen LogP contribution in [-0.2, 0) is 28.5 Å². The number of ether oxygens (including phenoxy) is 5. The average molecular weight is 408 g/mol. The van der Waals surface area contributed by atoms with E-state index in [-0.39, 0.29) is 36.4 Å². The van der Waals surface area contributed by atoms with Crippen LogP contribution in [0.5, 0.6) is 0 Å². The second-order valence-electron chi connectivity index (χ2n) is 8.42. The van der Waals surface area contributed by atoms with E-state index in [1.54, 1.807) is 7.11 Å². The molecule has 3 rings (SSSR count). The summed E-state index contributed by atoms with van der Waals surface area (Å²) in [6.07, 6.45) is -1.32. The first-order chi connectivity index (χ1) is 13.7. The molecule has 6 atom stereocenters. The van der Waals surface area contributed by atoms with Gasteiger partial charge in [-0.25, -0.2) is 0 Å². The van der Waals surface area contributed by atoms with Crippen LogP contribution in [0, 0.1) is 0 Å². The van der Waals surface area contributed by atoms with E-state index in [0.717, 1.165) is 5.56 Å². The van der Waals surface area contributed by atoms with E-state index >= 15 is 0 Å². The maximum absolute atomic E-state index is 12.8. The summed E-state index contributed by atoms with van der Waals surface area (Å²) in [4.78, 5) is 12.8. The van der Waals surface area contributed by atoms with Gasteiger partial charge < -0.3 is 23.7 Å². The summed E-state index contributed by atoms with van der Waals surface area (Å²) in [7, 11) is 1.58. The number of hydrogen-bond donors (Lipinski definition) is 1. The second-order valence-corrected chi connectivity index (χ2v) is 8.42. The predicted octanol–water partition coefficient (Wildman–Crippen LogP) is 2.94. The van der Waals surface area contributed by atoms with Gasteiger partial charge in [0, 0.05) is 19.6 Å². The van der Waals surface area contributed by atoms with Gasteiger partial charge in [-0.2, -0.15) is 0 Å². The average Bonchev–Trinajstić information content (AvgIpc) is 3.14. The molecule has 0 aliphatic carbocycles. The largest absolute Gasteiger partial charge is 0.462 e. The maximum Gasteiger partial charge on any atom is 0.323 e. The summed E-state index contributed by atoms with van der Waals surface area (Å²) in [5.74, 6) is -1.02. The van der Waals surface area contributed by atoms with Crippen molar-refractivity contribution in [2.24, 2.45) is 0 Å². The summed E-state index contributed by atoms with van der Waals surface area (Å²) in [6, 6.07) is 9.40. The molecule has 0 saturated carbocycles. The molecule has 2 aliphatic heterocycles. The van der Waals surface area contributed by atoms with Crippen molar-refractivity contribution in [2.75, 3.05) is 7.11 Å². The molecule has 2 heterocycles. The highest BCUT2D eigenvalue weighted by atomic mass is 16.8. The number of carbonyl (C=O) groups is 1. The van der Waals surface area contributed by atoms with Crippen LogP contribution in [0.4, 0.5) is 0 Å². The van der Waals surface area contributed by atoms with Crippen LogP contribution < -0.4 is 5.32 Å². The number of esters is 1. The van der Waals surface area contributed by atoms with Crippen LogP contribution in [0.3, 0.4) is 0 Å². The molecule has 2 saturated heterocycles. The van der Waals surface area contributed by atoms with Crippen LogP contribution >= 0.6 is 0 Å². The molecule has 2 fully saturated rings. The number of fused-ring (bicyclic) bond motifs is 1. The van der Waals surface area contributed by atoms with Crippen LogP contribution in [0.15, 0.2) is 30.3 Å². The molecule has 1 N–H and O–H groups in total. The second kappa shape index (κ2) is 9.10. The first-order valence-electron chi connectivity index (χ1n) is 10.3. The van der Waals surface area contributed by atoms with Crippen LogP contribution in [0.25, 0.3) is 0 Å². The van der Waals surface area contributed by atoms with Crippen molar-refractivity contribution in [3.05, 3.63) is 35.9 Å². The van der Waals surface area contributed by atoms with E-state index in [1.165, 1.54) is 0 Å². The molecule has 162 valence electrons. The number of rotatable bonds is 8. The zero-order valence-electron chi connectivity index (χ0n) is 18.1. The number of carbonyl (C=O) groups excluding carboxylic acids is 1. The number of hydrogen-bond acceptors (Lipinski definition) is 7. The van der Waals surface area contributed by atoms with E-state index in [1.807, 2.05) is 65.0 Å². The molecular weight excluding hydrogens is 374 g/mol. The summed E-state index contributed by atoms with van der Waals surface area (Å²) in [6.45, 7) is 9.45. The first-order valence-corrected chi connectivity index (χ1v) is 10.3. The van der Waals surface area contributed by atoms with Gasteiger partial charge in [-0.1, -0.05) is 30.3 Å². The van der Waals surface area contributed by atoms with Gasteiger partial charge in [-0.15, -0.1) is 0 Å². The zero-order valence-corrected chi connectivity index (χ0v) is 18.1. The Balaban J connectivity index is 1.75. The van der Waals surface area contributed by atoms with Gasteiger partial charge in [0.25, 0.3) is 0 Å². The normalized spacial score (nSPS) is 30.2. The fraction of sp³-hybridized carbons (Fsp3) is 0.682. The number of benzene rings is 1. The number of methoxy groups -OCH3 is 1. The Morgan fingerprint density at radius 2 is 1.79 bits per heavy atom. The first kappa shape index (κ1) is 22.2. The minimum absolute atomic E-state index is 0.0338. The Kier molecular flexibility index (Phi) is 6.96. The van der Waals surface area contributed by atoms with Gasteiger partial charge >= 0.3 is 5.97 Å². The quantitative estimate of drug-likeness (QED) is 0.664. The topological polar surface area (TPSA) is 75.3 Å². The third-order valence-corrected chi connectivity index (χ3v) is 5.19. The van der Waals surface area contributed by atoms with E-state index in [9.17, 15) is 4.79 Å². The lowest BCUT2D eigenvalue weighted by molar-refractivity contribution is -0.228. The summed E-state index contributed by atoms with van der Waals surface area (Å²) < 4.78 is 29.0. The summed E-state index contributed by atoms with van der Waals surface area (Å²) >= 11 is 0.